The van der Waals surface area contributed by atoms with Crippen LogP contribution in [0.15, 0.2) is 60.0 Å². The SMILES string of the molecule is CNC(=O)[C@@H](Cc1cccs1)N(C)C(=O)[C@@H](Cc1ccc2ccccc2c1)N(C)C(=O)COC[C@@H]1CCCN1. The van der Waals surface area contributed by atoms with Crippen molar-refractivity contribution in [1.29, 1.82) is 0 Å². The fourth-order valence-electron chi connectivity index (χ4n) is 5.02. The minimum absolute atomic E-state index is 0.103. The summed E-state index contributed by atoms with van der Waals surface area (Å²) in [5, 5.41) is 10.2. The second-order valence-electron chi connectivity index (χ2n) is 10.1. The molecule has 1 aliphatic heterocycles. The number of rotatable bonds is 12. The average molecular weight is 551 g/mol. The predicted octanol–water partition coefficient (Wildman–Crippen LogP) is 2.86. The van der Waals surface area contributed by atoms with E-state index in [0.29, 0.717) is 19.4 Å². The van der Waals surface area contributed by atoms with E-state index in [0.717, 1.165) is 40.6 Å². The number of amides is 3. The van der Waals surface area contributed by atoms with E-state index in [-0.39, 0.29) is 30.4 Å². The van der Waals surface area contributed by atoms with Crippen LogP contribution in [0.4, 0.5) is 0 Å². The van der Waals surface area contributed by atoms with Crippen LogP contribution >= 0.6 is 11.3 Å². The molecule has 0 aliphatic carbocycles. The predicted molar refractivity (Wildman–Crippen MR) is 155 cm³/mol. The van der Waals surface area contributed by atoms with Crippen molar-refractivity contribution in [2.24, 2.45) is 0 Å². The van der Waals surface area contributed by atoms with Gasteiger partial charge in [0.1, 0.15) is 18.7 Å². The number of ether oxygens (including phenoxy) is 1. The minimum Gasteiger partial charge on any atom is -0.370 e. The Morgan fingerprint density at radius 1 is 1.03 bits per heavy atom. The molecule has 1 saturated heterocycles. The van der Waals surface area contributed by atoms with Gasteiger partial charge in [0.25, 0.3) is 0 Å². The fraction of sp³-hybridized carbons (Fsp3) is 0.433. The van der Waals surface area contributed by atoms with E-state index in [4.69, 9.17) is 4.74 Å². The second kappa shape index (κ2) is 13.7. The number of likely N-dealkylation sites (N-methyl/N-ethyl adjacent to an activating group) is 3. The lowest BCUT2D eigenvalue weighted by atomic mass is 9.99. The molecule has 2 heterocycles. The molecule has 2 aromatic carbocycles. The van der Waals surface area contributed by atoms with Crippen molar-refractivity contribution < 1.29 is 19.1 Å². The maximum absolute atomic E-state index is 14.0. The molecule has 1 aromatic heterocycles. The van der Waals surface area contributed by atoms with Gasteiger partial charge >= 0.3 is 0 Å². The fourth-order valence-corrected chi connectivity index (χ4v) is 5.77. The van der Waals surface area contributed by atoms with E-state index < -0.39 is 12.1 Å². The first-order valence-electron chi connectivity index (χ1n) is 13.4. The Balaban J connectivity index is 1.55. The van der Waals surface area contributed by atoms with Gasteiger partial charge in [-0.25, -0.2) is 0 Å². The number of benzene rings is 2. The molecule has 3 aromatic rings. The van der Waals surface area contributed by atoms with Gasteiger partial charge < -0.3 is 25.2 Å². The Bertz CT molecular complexity index is 1260. The van der Waals surface area contributed by atoms with Gasteiger partial charge in [-0.2, -0.15) is 0 Å². The lowest BCUT2D eigenvalue weighted by molar-refractivity contribution is -0.149. The molecule has 0 spiro atoms. The summed E-state index contributed by atoms with van der Waals surface area (Å²) in [6.45, 7) is 1.32. The maximum atomic E-state index is 14.0. The van der Waals surface area contributed by atoms with Crippen molar-refractivity contribution in [3.63, 3.8) is 0 Å². The molecule has 0 saturated carbocycles. The summed E-state index contributed by atoms with van der Waals surface area (Å²) in [6, 6.07) is 16.8. The third kappa shape index (κ3) is 7.44. The van der Waals surface area contributed by atoms with Crippen LogP contribution < -0.4 is 10.6 Å². The number of nitrogens with one attached hydrogen (secondary N) is 2. The Kier molecular flexibility index (Phi) is 10.1. The third-order valence-electron chi connectivity index (χ3n) is 7.43. The molecule has 2 N–H and O–H groups in total. The third-order valence-corrected chi connectivity index (χ3v) is 8.33. The normalized spacial score (nSPS) is 16.5. The highest BCUT2D eigenvalue weighted by Crippen LogP contribution is 2.21. The van der Waals surface area contributed by atoms with Crippen LogP contribution in [0, 0.1) is 0 Å². The highest BCUT2D eigenvalue weighted by Gasteiger charge is 2.35. The van der Waals surface area contributed by atoms with Gasteiger partial charge in [0.15, 0.2) is 0 Å². The van der Waals surface area contributed by atoms with Crippen LogP contribution in [0.25, 0.3) is 10.8 Å². The summed E-state index contributed by atoms with van der Waals surface area (Å²) in [5.74, 6) is -0.804. The molecule has 208 valence electrons. The second-order valence-corrected chi connectivity index (χ2v) is 11.1. The maximum Gasteiger partial charge on any atom is 0.249 e. The molecule has 9 heteroatoms. The van der Waals surface area contributed by atoms with Gasteiger partial charge in [-0.1, -0.05) is 48.5 Å². The molecule has 1 fully saturated rings. The molecular weight excluding hydrogens is 512 g/mol. The van der Waals surface area contributed by atoms with Gasteiger partial charge in [0, 0.05) is 44.9 Å². The van der Waals surface area contributed by atoms with Crippen LogP contribution in [-0.2, 0) is 32.0 Å². The molecule has 0 unspecified atom stereocenters. The zero-order valence-electron chi connectivity index (χ0n) is 22.9. The first kappa shape index (κ1) is 28.7. The van der Waals surface area contributed by atoms with Crippen molar-refractivity contribution >= 4 is 39.8 Å². The van der Waals surface area contributed by atoms with Gasteiger partial charge in [-0.15, -0.1) is 11.3 Å². The van der Waals surface area contributed by atoms with Crippen molar-refractivity contribution in [3.05, 3.63) is 70.4 Å². The zero-order chi connectivity index (χ0) is 27.8. The van der Waals surface area contributed by atoms with Crippen molar-refractivity contribution in [2.75, 3.05) is 40.9 Å². The van der Waals surface area contributed by atoms with E-state index in [1.807, 2.05) is 53.9 Å². The van der Waals surface area contributed by atoms with Crippen LogP contribution in [0.3, 0.4) is 0 Å². The van der Waals surface area contributed by atoms with E-state index in [1.165, 1.54) is 9.80 Å². The number of nitrogens with zero attached hydrogens (tertiary/aromatic N) is 2. The zero-order valence-corrected chi connectivity index (χ0v) is 23.7. The Hall–Kier alpha value is -3.27. The quantitative estimate of drug-likeness (QED) is 0.362. The number of hydrogen-bond acceptors (Lipinski definition) is 6. The van der Waals surface area contributed by atoms with Gasteiger partial charge in [0.05, 0.1) is 6.61 Å². The number of hydrogen-bond donors (Lipinski definition) is 2. The van der Waals surface area contributed by atoms with Crippen LogP contribution in [-0.4, -0.2) is 86.5 Å². The molecule has 4 rings (SSSR count). The highest BCUT2D eigenvalue weighted by molar-refractivity contribution is 7.09. The number of carbonyl (C=O) groups is 3. The Labute approximate surface area is 234 Å². The van der Waals surface area contributed by atoms with Crippen LogP contribution in [0.5, 0.6) is 0 Å². The molecule has 39 heavy (non-hydrogen) atoms. The molecule has 3 atom stereocenters. The average Bonchev–Trinajstić information content (AvgIpc) is 3.67. The molecule has 8 nitrogen and oxygen atoms in total. The Morgan fingerprint density at radius 2 is 1.82 bits per heavy atom. The number of thiophene rings is 1. The number of fused-ring (bicyclic) bond motifs is 1. The first-order chi connectivity index (χ1) is 18.9. The minimum atomic E-state index is -0.799. The standard InChI is InChI=1S/C30H38N4O4S/c1-31-29(36)26(18-25-11-7-15-39-25)34(3)30(37)27(17-21-12-13-22-8-4-5-9-23(22)16-21)33(2)28(35)20-38-19-24-10-6-14-32-24/h4-5,7-9,11-13,15-16,24,26-27,32H,6,10,14,17-20H2,1-3H3,(H,31,36)/t24-,26+,27+/m0/s1. The van der Waals surface area contributed by atoms with Gasteiger partial charge in [-0.05, 0) is 47.2 Å². The van der Waals surface area contributed by atoms with Crippen LogP contribution in [0.2, 0.25) is 0 Å². The summed E-state index contributed by atoms with van der Waals surface area (Å²) in [4.78, 5) is 44.1. The van der Waals surface area contributed by atoms with Crippen molar-refractivity contribution in [1.82, 2.24) is 20.4 Å². The summed E-state index contributed by atoms with van der Waals surface area (Å²) in [5.41, 5.74) is 0.936. The van der Waals surface area contributed by atoms with Gasteiger partial charge in [-0.3, -0.25) is 14.4 Å². The van der Waals surface area contributed by atoms with E-state index in [2.05, 4.69) is 16.7 Å². The monoisotopic (exact) mass is 550 g/mol. The van der Waals surface area contributed by atoms with E-state index in [9.17, 15) is 14.4 Å². The molecule has 1 aliphatic rings. The molecule has 0 radical (unpaired) electrons. The largest absolute Gasteiger partial charge is 0.370 e. The van der Waals surface area contributed by atoms with Crippen molar-refractivity contribution in [3.8, 4) is 0 Å². The summed E-state index contributed by atoms with van der Waals surface area (Å²) in [6.07, 6.45) is 2.86. The summed E-state index contributed by atoms with van der Waals surface area (Å²) >= 11 is 1.55. The lowest BCUT2D eigenvalue weighted by Crippen LogP contribution is -2.56. The summed E-state index contributed by atoms with van der Waals surface area (Å²) < 4.78 is 5.73. The van der Waals surface area contributed by atoms with Crippen molar-refractivity contribution in [2.45, 2.75) is 43.8 Å². The number of carbonyl (C=O) groups excluding carboxylic acids is 3. The molecule has 3 amide bonds. The summed E-state index contributed by atoms with van der Waals surface area (Å²) in [7, 11) is 4.86. The highest BCUT2D eigenvalue weighted by atomic mass is 32.1. The first-order valence-corrected chi connectivity index (χ1v) is 14.3. The van der Waals surface area contributed by atoms with Crippen LogP contribution in [0.1, 0.15) is 23.3 Å². The smallest absolute Gasteiger partial charge is 0.249 e. The topological polar surface area (TPSA) is 91.0 Å². The van der Waals surface area contributed by atoms with Gasteiger partial charge in [0.2, 0.25) is 17.7 Å². The Morgan fingerprint density at radius 3 is 2.51 bits per heavy atom. The van der Waals surface area contributed by atoms with E-state index >= 15 is 0 Å². The molecule has 0 bridgehead atoms. The van der Waals surface area contributed by atoms with E-state index in [1.54, 1.807) is 32.5 Å². The molecular formula is C30H38N4O4S. The lowest BCUT2D eigenvalue weighted by Gasteiger charge is -2.34.